The molecule has 5 aromatic rings. The van der Waals surface area contributed by atoms with E-state index in [1.54, 1.807) is 29.4 Å². The average molecular weight is 573 g/mol. The molecule has 42 heavy (non-hydrogen) atoms. The van der Waals surface area contributed by atoms with Gasteiger partial charge in [0, 0.05) is 30.0 Å². The van der Waals surface area contributed by atoms with Crippen LogP contribution < -0.4 is 5.73 Å². The zero-order valence-corrected chi connectivity index (χ0v) is 24.0. The number of amides is 1. The van der Waals surface area contributed by atoms with Crippen molar-refractivity contribution in [3.05, 3.63) is 65.5 Å². The minimum absolute atomic E-state index is 0.141. The van der Waals surface area contributed by atoms with E-state index < -0.39 is 5.82 Å². The minimum Gasteiger partial charge on any atom is -0.383 e. The predicted octanol–water partition coefficient (Wildman–Crippen LogP) is 4.40. The van der Waals surface area contributed by atoms with E-state index in [0.29, 0.717) is 59.7 Å². The van der Waals surface area contributed by atoms with Gasteiger partial charge in [-0.15, -0.1) is 10.2 Å². The lowest BCUT2D eigenvalue weighted by atomic mass is 10.00. The first kappa shape index (κ1) is 28.6. The van der Waals surface area contributed by atoms with E-state index in [1.807, 2.05) is 20.8 Å². The molecule has 5 rings (SSSR count). The maximum atomic E-state index is 15.2. The molecular weight excluding hydrogens is 539 g/mol. The number of carbonyl (C=O) groups is 2. The molecule has 0 radical (unpaired) electrons. The molecule has 0 saturated heterocycles. The number of carbonyl (C=O) groups excluding carboxylic acids is 2. The van der Waals surface area contributed by atoms with Gasteiger partial charge in [0.25, 0.3) is 5.91 Å². The summed E-state index contributed by atoms with van der Waals surface area (Å²) in [5.41, 5.74) is 9.96. The Hall–Kier alpha value is -4.94. The number of aromatic nitrogens is 8. The number of aryl methyl sites for hydroxylation is 2. The number of nitrogens with zero attached hydrogens (tertiary/aromatic N) is 7. The van der Waals surface area contributed by atoms with Gasteiger partial charge in [0.1, 0.15) is 23.8 Å². The Balaban J connectivity index is 1.50. The molecule has 4 heterocycles. The molecule has 0 saturated carbocycles. The van der Waals surface area contributed by atoms with Crippen molar-refractivity contribution in [1.82, 2.24) is 44.6 Å². The number of hydrogen-bond donors (Lipinski definition) is 3. The lowest BCUT2D eigenvalue weighted by Gasteiger charge is -2.30. The maximum absolute atomic E-state index is 15.2. The smallest absolute Gasteiger partial charge is 0.291 e. The van der Waals surface area contributed by atoms with Crippen LogP contribution in [0.25, 0.3) is 28.2 Å². The number of imidazole rings is 1. The van der Waals surface area contributed by atoms with Crippen molar-refractivity contribution < 1.29 is 14.0 Å². The largest absolute Gasteiger partial charge is 0.383 e. The van der Waals surface area contributed by atoms with Crippen LogP contribution in [-0.4, -0.2) is 68.9 Å². The normalized spacial score (nSPS) is 12.1. The number of rotatable bonds is 11. The highest BCUT2D eigenvalue weighted by atomic mass is 19.1. The van der Waals surface area contributed by atoms with E-state index in [9.17, 15) is 9.59 Å². The molecule has 4 N–H and O–H groups in total. The van der Waals surface area contributed by atoms with E-state index in [-0.39, 0.29) is 34.9 Å². The first-order valence-corrected chi connectivity index (χ1v) is 13.9. The van der Waals surface area contributed by atoms with Gasteiger partial charge >= 0.3 is 0 Å². The number of hydrogen-bond acceptors (Lipinski definition) is 8. The topological polar surface area (TPSA) is 164 Å². The number of aromatic amines is 2. The van der Waals surface area contributed by atoms with Crippen molar-refractivity contribution in [1.29, 1.82) is 0 Å². The van der Waals surface area contributed by atoms with Crippen LogP contribution in [0.2, 0.25) is 0 Å². The summed E-state index contributed by atoms with van der Waals surface area (Å²) in [7, 11) is 0. The van der Waals surface area contributed by atoms with Crippen molar-refractivity contribution >= 4 is 23.2 Å². The molecular formula is C29H33FN10O2. The summed E-state index contributed by atoms with van der Waals surface area (Å²) in [6, 6.07) is 4.69. The first-order chi connectivity index (χ1) is 20.2. The molecule has 0 fully saturated rings. The molecule has 0 spiro atoms. The Bertz CT molecular complexity index is 1740. The third-order valence-electron chi connectivity index (χ3n) is 7.32. The zero-order valence-electron chi connectivity index (χ0n) is 24.0. The summed E-state index contributed by atoms with van der Waals surface area (Å²) in [5, 5.41) is 12.0. The van der Waals surface area contributed by atoms with Gasteiger partial charge in [-0.1, -0.05) is 19.9 Å². The molecule has 0 aliphatic rings. The fourth-order valence-corrected chi connectivity index (χ4v) is 5.28. The number of benzene rings is 1. The monoisotopic (exact) mass is 572 g/mol. The van der Waals surface area contributed by atoms with Gasteiger partial charge in [-0.05, 0) is 57.2 Å². The van der Waals surface area contributed by atoms with Crippen molar-refractivity contribution in [2.24, 2.45) is 0 Å². The maximum Gasteiger partial charge on any atom is 0.291 e. The van der Waals surface area contributed by atoms with Crippen LogP contribution in [0.15, 0.2) is 36.9 Å². The summed E-state index contributed by atoms with van der Waals surface area (Å²) in [5.74, 6) is -0.143. The Morgan fingerprint density at radius 1 is 1.19 bits per heavy atom. The molecule has 0 aliphatic carbocycles. The summed E-state index contributed by atoms with van der Waals surface area (Å²) >= 11 is 0. The number of fused-ring (bicyclic) bond motifs is 1. The second-order valence-corrected chi connectivity index (χ2v) is 10.2. The second-order valence-electron chi connectivity index (χ2n) is 10.2. The highest BCUT2D eigenvalue weighted by Crippen LogP contribution is 2.31. The SMILES string of the molecule is CCCN(C(=O)c1nnc[nH]1)[C@H](CC)CCc1nc2c(-c3ccc(-c4ncc(C)[nH]4)c(F)c3)cnn2c(N)c1C(C)=O. The van der Waals surface area contributed by atoms with Crippen molar-refractivity contribution in [3.8, 4) is 22.5 Å². The van der Waals surface area contributed by atoms with Gasteiger partial charge in [-0.3, -0.25) is 9.59 Å². The number of nitrogens with one attached hydrogen (secondary N) is 2. The van der Waals surface area contributed by atoms with Crippen molar-refractivity contribution in [2.45, 2.75) is 59.4 Å². The fraction of sp³-hybridized carbons (Fsp3) is 0.345. The lowest BCUT2D eigenvalue weighted by molar-refractivity contribution is 0.0650. The predicted molar refractivity (Wildman–Crippen MR) is 155 cm³/mol. The second kappa shape index (κ2) is 11.9. The standard InChI is InChI=1S/C29H33FN10O2/c1-5-11-39(29(42)27-33-15-34-38-27)19(6-2)8-10-23-24(17(4)41)25(31)40-28(37-23)21(14-35-40)18-7-9-20(22(30)12-18)26-32-13-16(3)36-26/h7,9,12-15,19H,5-6,8,10-11,31H2,1-4H3,(H,32,36)(H,33,34,38)/t19-/m1/s1. The molecule has 13 heteroatoms. The van der Waals surface area contributed by atoms with Crippen LogP contribution in [0.3, 0.4) is 0 Å². The zero-order chi connectivity index (χ0) is 30.0. The molecule has 4 aromatic heterocycles. The van der Waals surface area contributed by atoms with Crippen LogP contribution in [0.1, 0.15) is 72.4 Å². The van der Waals surface area contributed by atoms with Gasteiger partial charge in [0.2, 0.25) is 5.82 Å². The molecule has 1 atom stereocenters. The molecule has 1 amide bonds. The van der Waals surface area contributed by atoms with Gasteiger partial charge < -0.3 is 20.6 Å². The first-order valence-electron chi connectivity index (χ1n) is 13.9. The van der Waals surface area contributed by atoms with E-state index in [1.165, 1.54) is 23.8 Å². The third kappa shape index (κ3) is 5.37. The number of Topliss-reactive ketones (excluding diaryl/α,β-unsaturated/α-hetero) is 1. The van der Waals surface area contributed by atoms with Gasteiger partial charge in [0.15, 0.2) is 11.4 Å². The molecule has 0 unspecified atom stereocenters. The summed E-state index contributed by atoms with van der Waals surface area (Å²) in [6.45, 7) is 7.84. The Labute approximate surface area is 241 Å². The quantitative estimate of drug-likeness (QED) is 0.196. The average Bonchev–Trinajstić information content (AvgIpc) is 3.74. The molecule has 1 aromatic carbocycles. The number of ketones is 1. The molecule has 218 valence electrons. The molecule has 12 nitrogen and oxygen atoms in total. The fourth-order valence-electron chi connectivity index (χ4n) is 5.28. The van der Waals surface area contributed by atoms with Crippen LogP contribution in [0.4, 0.5) is 10.2 Å². The van der Waals surface area contributed by atoms with Crippen LogP contribution >= 0.6 is 0 Å². The van der Waals surface area contributed by atoms with Gasteiger partial charge in [-0.25, -0.2) is 14.4 Å². The van der Waals surface area contributed by atoms with Gasteiger partial charge in [-0.2, -0.15) is 9.61 Å². The van der Waals surface area contributed by atoms with Crippen LogP contribution in [0.5, 0.6) is 0 Å². The Morgan fingerprint density at radius 2 is 2.00 bits per heavy atom. The van der Waals surface area contributed by atoms with Crippen LogP contribution in [-0.2, 0) is 6.42 Å². The van der Waals surface area contributed by atoms with Crippen molar-refractivity contribution in [3.63, 3.8) is 0 Å². The third-order valence-corrected chi connectivity index (χ3v) is 7.32. The highest BCUT2D eigenvalue weighted by molar-refractivity contribution is 6.00. The summed E-state index contributed by atoms with van der Waals surface area (Å²) in [4.78, 5) is 42.6. The molecule has 0 aliphatic heterocycles. The van der Waals surface area contributed by atoms with E-state index in [2.05, 4.69) is 30.2 Å². The Morgan fingerprint density at radius 3 is 2.62 bits per heavy atom. The summed E-state index contributed by atoms with van der Waals surface area (Å²) < 4.78 is 16.6. The van der Waals surface area contributed by atoms with E-state index in [0.717, 1.165) is 12.1 Å². The number of anilines is 1. The highest BCUT2D eigenvalue weighted by Gasteiger charge is 2.27. The number of nitrogen functional groups attached to an aromatic ring is 1. The molecule has 0 bridgehead atoms. The van der Waals surface area contributed by atoms with E-state index >= 15 is 4.39 Å². The summed E-state index contributed by atoms with van der Waals surface area (Å²) in [6.07, 6.45) is 6.95. The minimum atomic E-state index is -0.451. The van der Waals surface area contributed by atoms with E-state index in [4.69, 9.17) is 10.7 Å². The number of H-pyrrole nitrogens is 2. The van der Waals surface area contributed by atoms with Crippen LogP contribution in [0, 0.1) is 12.7 Å². The number of halogens is 1. The Kier molecular flexibility index (Phi) is 8.09. The van der Waals surface area contributed by atoms with Crippen molar-refractivity contribution in [2.75, 3.05) is 12.3 Å². The number of nitrogens with two attached hydrogens (primary N) is 1. The lowest BCUT2D eigenvalue weighted by Crippen LogP contribution is -2.41. The van der Waals surface area contributed by atoms with Gasteiger partial charge in [0.05, 0.1) is 23.0 Å².